The average Bonchev–Trinajstić information content (AvgIpc) is 3.54. The van der Waals surface area contributed by atoms with Gasteiger partial charge in [0.25, 0.3) is 0 Å². The van der Waals surface area contributed by atoms with Gasteiger partial charge in [-0.15, -0.1) is 0 Å². The predicted octanol–water partition coefficient (Wildman–Crippen LogP) is 6.27. The fourth-order valence-corrected chi connectivity index (χ4v) is 3.69. The molecule has 5 rings (SSSR count). The summed E-state index contributed by atoms with van der Waals surface area (Å²) in [6.45, 7) is 4.24. The molecule has 4 aromatic rings. The van der Waals surface area contributed by atoms with Gasteiger partial charge in [-0.3, -0.25) is 4.79 Å². The number of rotatable bonds is 8. The molecule has 1 aliphatic rings. The summed E-state index contributed by atoms with van der Waals surface area (Å²) in [5, 5.41) is 3.87. The van der Waals surface area contributed by atoms with E-state index in [0.717, 1.165) is 34.6 Å². The maximum Gasteiger partial charge on any atom is 0.217 e. The molecule has 1 saturated carbocycles. The third-order valence-electron chi connectivity index (χ3n) is 5.67. The van der Waals surface area contributed by atoms with Crippen LogP contribution in [-0.2, 0) is 4.79 Å². The quantitative estimate of drug-likeness (QED) is 0.348. The first-order chi connectivity index (χ1) is 16.0. The topological polar surface area (TPSA) is 73.6 Å². The Morgan fingerprint density at radius 2 is 1.94 bits per heavy atom. The number of hydrogen-bond donors (Lipinski definition) is 1. The van der Waals surface area contributed by atoms with Crippen molar-refractivity contribution in [2.24, 2.45) is 5.92 Å². The van der Waals surface area contributed by atoms with Crippen LogP contribution in [0.2, 0.25) is 0 Å². The van der Waals surface area contributed by atoms with E-state index in [4.69, 9.17) is 13.9 Å². The van der Waals surface area contributed by atoms with E-state index in [9.17, 15) is 4.79 Å². The number of ether oxygens (including phenoxy) is 2. The lowest BCUT2D eigenvalue weighted by molar-refractivity contribution is -0.119. The lowest BCUT2D eigenvalue weighted by Gasteiger charge is -2.12. The molecule has 1 atom stereocenters. The summed E-state index contributed by atoms with van der Waals surface area (Å²) in [5.74, 6) is 3.49. The van der Waals surface area contributed by atoms with Gasteiger partial charge in [0.1, 0.15) is 28.5 Å². The van der Waals surface area contributed by atoms with Crippen molar-refractivity contribution in [3.8, 4) is 28.7 Å². The molecule has 1 aliphatic carbocycles. The first-order valence-electron chi connectivity index (χ1n) is 11.2. The predicted molar refractivity (Wildman–Crippen MR) is 126 cm³/mol. The standard InChI is InChI=1S/C27H26N2O4/c1-17(29-18(2)30)20-8-11-26-21(12-20)13-27(33-26)25-10-9-24(15-28-25)32-23-5-3-4-22(14-23)31-16-19-6-7-19/h3-5,8-15,17,19H,6-7,16H2,1-2H3,(H,29,30). The van der Waals surface area contributed by atoms with Gasteiger partial charge in [-0.2, -0.15) is 0 Å². The normalized spacial score (nSPS) is 14.1. The highest BCUT2D eigenvalue weighted by Gasteiger charge is 2.22. The van der Waals surface area contributed by atoms with Crippen molar-refractivity contribution in [2.45, 2.75) is 32.7 Å². The van der Waals surface area contributed by atoms with Crippen LogP contribution in [0.1, 0.15) is 38.3 Å². The number of furan rings is 1. The van der Waals surface area contributed by atoms with Crippen LogP contribution in [0.3, 0.4) is 0 Å². The number of benzene rings is 2. The Morgan fingerprint density at radius 1 is 1.09 bits per heavy atom. The summed E-state index contributed by atoms with van der Waals surface area (Å²) in [7, 11) is 0. The monoisotopic (exact) mass is 442 g/mol. The van der Waals surface area contributed by atoms with E-state index >= 15 is 0 Å². The largest absolute Gasteiger partial charge is 0.493 e. The van der Waals surface area contributed by atoms with E-state index in [-0.39, 0.29) is 11.9 Å². The number of fused-ring (bicyclic) bond motifs is 1. The molecule has 0 bridgehead atoms. The first-order valence-corrected chi connectivity index (χ1v) is 11.2. The molecular weight excluding hydrogens is 416 g/mol. The Hall–Kier alpha value is -3.80. The third kappa shape index (κ3) is 5.17. The minimum atomic E-state index is -0.0718. The average molecular weight is 443 g/mol. The Bertz CT molecular complexity index is 1280. The fourth-order valence-electron chi connectivity index (χ4n) is 3.69. The van der Waals surface area contributed by atoms with Crippen molar-refractivity contribution in [1.82, 2.24) is 10.3 Å². The van der Waals surface area contributed by atoms with Gasteiger partial charge in [0.2, 0.25) is 5.91 Å². The van der Waals surface area contributed by atoms with Crippen LogP contribution >= 0.6 is 0 Å². The summed E-state index contributed by atoms with van der Waals surface area (Å²) in [6.07, 6.45) is 4.21. The molecule has 33 heavy (non-hydrogen) atoms. The Labute approximate surface area is 192 Å². The van der Waals surface area contributed by atoms with Crippen molar-refractivity contribution < 1.29 is 18.7 Å². The van der Waals surface area contributed by atoms with Crippen LogP contribution < -0.4 is 14.8 Å². The molecule has 0 aliphatic heterocycles. The van der Waals surface area contributed by atoms with Gasteiger partial charge in [0.15, 0.2) is 5.76 Å². The number of aromatic nitrogens is 1. The van der Waals surface area contributed by atoms with Crippen molar-refractivity contribution in [3.05, 3.63) is 72.4 Å². The molecular formula is C27H26N2O4. The Morgan fingerprint density at radius 3 is 2.70 bits per heavy atom. The van der Waals surface area contributed by atoms with Gasteiger partial charge < -0.3 is 19.2 Å². The fraction of sp³-hybridized carbons (Fsp3) is 0.259. The highest BCUT2D eigenvalue weighted by molar-refractivity contribution is 5.83. The van der Waals surface area contributed by atoms with Gasteiger partial charge in [-0.1, -0.05) is 12.1 Å². The molecule has 168 valence electrons. The molecule has 2 aromatic carbocycles. The van der Waals surface area contributed by atoms with E-state index in [0.29, 0.717) is 23.2 Å². The molecule has 1 fully saturated rings. The second-order valence-corrected chi connectivity index (χ2v) is 8.54. The maximum absolute atomic E-state index is 11.3. The van der Waals surface area contributed by atoms with Gasteiger partial charge in [-0.05, 0) is 73.7 Å². The molecule has 1 unspecified atom stereocenters. The van der Waals surface area contributed by atoms with Crippen molar-refractivity contribution in [1.29, 1.82) is 0 Å². The SMILES string of the molecule is CC(=O)NC(C)c1ccc2oc(-c3ccc(Oc4cccc(OCC5CC5)c4)cn3)cc2c1. The molecule has 0 saturated heterocycles. The minimum absolute atomic E-state index is 0.0560. The smallest absolute Gasteiger partial charge is 0.217 e. The molecule has 0 radical (unpaired) electrons. The number of nitrogens with one attached hydrogen (secondary N) is 1. The second-order valence-electron chi connectivity index (χ2n) is 8.54. The van der Waals surface area contributed by atoms with Crippen LogP contribution in [0.25, 0.3) is 22.4 Å². The number of pyridine rings is 1. The van der Waals surface area contributed by atoms with E-state index in [1.807, 2.05) is 67.6 Å². The second kappa shape index (κ2) is 8.98. The van der Waals surface area contributed by atoms with Crippen LogP contribution in [0, 0.1) is 5.92 Å². The van der Waals surface area contributed by atoms with Gasteiger partial charge >= 0.3 is 0 Å². The maximum atomic E-state index is 11.3. The van der Waals surface area contributed by atoms with E-state index in [1.165, 1.54) is 19.8 Å². The van der Waals surface area contributed by atoms with Crippen LogP contribution in [0.4, 0.5) is 0 Å². The first kappa shape index (κ1) is 21.1. The van der Waals surface area contributed by atoms with Crippen LogP contribution in [-0.4, -0.2) is 17.5 Å². The third-order valence-corrected chi connectivity index (χ3v) is 5.67. The van der Waals surface area contributed by atoms with Gasteiger partial charge in [0.05, 0.1) is 18.8 Å². The Kier molecular flexibility index (Phi) is 5.73. The molecule has 6 heteroatoms. The summed E-state index contributed by atoms with van der Waals surface area (Å²) in [4.78, 5) is 15.9. The van der Waals surface area contributed by atoms with Crippen molar-refractivity contribution >= 4 is 16.9 Å². The van der Waals surface area contributed by atoms with Crippen LogP contribution in [0.5, 0.6) is 17.2 Å². The van der Waals surface area contributed by atoms with Gasteiger partial charge in [0, 0.05) is 18.4 Å². The number of carbonyl (C=O) groups is 1. The van der Waals surface area contributed by atoms with Crippen molar-refractivity contribution in [2.75, 3.05) is 6.61 Å². The zero-order valence-corrected chi connectivity index (χ0v) is 18.7. The highest BCUT2D eigenvalue weighted by Crippen LogP contribution is 2.32. The summed E-state index contributed by atoms with van der Waals surface area (Å²) >= 11 is 0. The summed E-state index contributed by atoms with van der Waals surface area (Å²) in [6, 6.07) is 19.2. The van der Waals surface area contributed by atoms with Gasteiger partial charge in [-0.25, -0.2) is 4.98 Å². The van der Waals surface area contributed by atoms with Crippen molar-refractivity contribution in [3.63, 3.8) is 0 Å². The Balaban J connectivity index is 1.29. The molecule has 1 N–H and O–H groups in total. The number of hydrogen-bond acceptors (Lipinski definition) is 5. The van der Waals surface area contributed by atoms with Crippen LogP contribution in [0.15, 0.2) is 71.3 Å². The molecule has 1 amide bonds. The lowest BCUT2D eigenvalue weighted by Crippen LogP contribution is -2.23. The number of nitrogens with zero attached hydrogens (tertiary/aromatic N) is 1. The summed E-state index contributed by atoms with van der Waals surface area (Å²) < 4.78 is 17.8. The zero-order chi connectivity index (χ0) is 22.8. The minimum Gasteiger partial charge on any atom is -0.493 e. The molecule has 2 aromatic heterocycles. The van der Waals surface area contributed by atoms with E-state index in [1.54, 1.807) is 6.20 Å². The number of carbonyl (C=O) groups excluding carboxylic acids is 1. The summed E-state index contributed by atoms with van der Waals surface area (Å²) in [5.41, 5.74) is 2.51. The molecule has 2 heterocycles. The van der Waals surface area contributed by atoms with E-state index < -0.39 is 0 Å². The lowest BCUT2D eigenvalue weighted by atomic mass is 10.1. The highest BCUT2D eigenvalue weighted by atomic mass is 16.5. The van der Waals surface area contributed by atoms with E-state index in [2.05, 4.69) is 10.3 Å². The number of amides is 1. The molecule has 6 nitrogen and oxygen atoms in total. The molecule has 0 spiro atoms. The zero-order valence-electron chi connectivity index (χ0n) is 18.7.